The molecule has 1 aliphatic carbocycles. The number of aromatic nitrogens is 6. The van der Waals surface area contributed by atoms with Crippen molar-refractivity contribution < 1.29 is 9.47 Å². The lowest BCUT2D eigenvalue weighted by atomic mass is 10.1. The van der Waals surface area contributed by atoms with Crippen LogP contribution in [0.15, 0.2) is 24.7 Å². The van der Waals surface area contributed by atoms with E-state index in [2.05, 4.69) is 31.5 Å². The molecule has 0 N–H and O–H groups in total. The number of ether oxygens (including phenoxy) is 2. The van der Waals surface area contributed by atoms with E-state index in [1.54, 1.807) is 13.3 Å². The molecule has 1 saturated carbocycles. The fraction of sp³-hybridized carbons (Fsp3) is 0.389. The van der Waals surface area contributed by atoms with Crippen LogP contribution in [0.25, 0.3) is 22.4 Å². The molecule has 3 aromatic rings. The van der Waals surface area contributed by atoms with Crippen molar-refractivity contribution in [2.24, 2.45) is 5.92 Å². The van der Waals surface area contributed by atoms with Gasteiger partial charge < -0.3 is 9.47 Å². The van der Waals surface area contributed by atoms with E-state index in [-0.39, 0.29) is 6.01 Å². The number of nitrogens with zero attached hydrogens (tertiary/aromatic N) is 6. The van der Waals surface area contributed by atoms with Gasteiger partial charge >= 0.3 is 6.01 Å². The van der Waals surface area contributed by atoms with Gasteiger partial charge in [-0.2, -0.15) is 15.2 Å². The average Bonchev–Trinajstić information content (AvgIpc) is 3.37. The smallest absolute Gasteiger partial charge is 0.319 e. The molecule has 3 heterocycles. The molecule has 4 rings (SSSR count). The summed E-state index contributed by atoms with van der Waals surface area (Å²) in [5.74, 6) is 1.17. The predicted octanol–water partition coefficient (Wildman–Crippen LogP) is 2.53. The topological polar surface area (TPSA) is 87.8 Å². The van der Waals surface area contributed by atoms with Crippen molar-refractivity contribution in [3.8, 4) is 34.3 Å². The van der Waals surface area contributed by atoms with Gasteiger partial charge in [0.05, 0.1) is 31.7 Å². The van der Waals surface area contributed by atoms with Crippen molar-refractivity contribution in [3.05, 3.63) is 30.4 Å². The third kappa shape index (κ3) is 3.22. The van der Waals surface area contributed by atoms with Crippen LogP contribution in [-0.4, -0.2) is 44.2 Å². The first kappa shape index (κ1) is 16.4. The first-order chi connectivity index (χ1) is 12.7. The molecular formula is C18H20N6O2. The second-order valence-electron chi connectivity index (χ2n) is 6.40. The Bertz CT molecular complexity index is 935. The lowest BCUT2D eigenvalue weighted by molar-refractivity contribution is 0.353. The summed E-state index contributed by atoms with van der Waals surface area (Å²) in [6, 6.07) is 2.21. The van der Waals surface area contributed by atoms with Crippen LogP contribution in [-0.2, 0) is 6.54 Å². The van der Waals surface area contributed by atoms with Crippen LogP contribution in [0, 0.1) is 12.8 Å². The van der Waals surface area contributed by atoms with Gasteiger partial charge in [-0.15, -0.1) is 5.10 Å². The Morgan fingerprint density at radius 1 is 1.12 bits per heavy atom. The standard InChI is InChI=1S/C18H20N6O2/c1-11-14(13-7-20-24(10-13)9-12-4-5-12)6-16(23-22-11)15-8-19-18(26-3)21-17(15)25-2/h6-8,10,12H,4-5,9H2,1-3H3. The molecular weight excluding hydrogens is 332 g/mol. The molecule has 8 nitrogen and oxygen atoms in total. The lowest BCUT2D eigenvalue weighted by Crippen LogP contribution is -2.00. The third-order valence-electron chi connectivity index (χ3n) is 4.45. The fourth-order valence-electron chi connectivity index (χ4n) is 2.82. The average molecular weight is 352 g/mol. The summed E-state index contributed by atoms with van der Waals surface area (Å²) in [4.78, 5) is 8.37. The number of rotatable bonds is 6. The maximum Gasteiger partial charge on any atom is 0.319 e. The van der Waals surface area contributed by atoms with Gasteiger partial charge in [0.25, 0.3) is 0 Å². The molecule has 0 saturated heterocycles. The molecule has 26 heavy (non-hydrogen) atoms. The Labute approximate surface area is 151 Å². The molecule has 0 aromatic carbocycles. The van der Waals surface area contributed by atoms with Gasteiger partial charge in [-0.3, -0.25) is 4.68 Å². The highest BCUT2D eigenvalue weighted by atomic mass is 16.5. The molecule has 0 bridgehead atoms. The van der Waals surface area contributed by atoms with E-state index >= 15 is 0 Å². The molecule has 0 amide bonds. The van der Waals surface area contributed by atoms with Crippen molar-refractivity contribution >= 4 is 0 Å². The van der Waals surface area contributed by atoms with Gasteiger partial charge in [0.15, 0.2) is 0 Å². The number of hydrogen-bond acceptors (Lipinski definition) is 7. The van der Waals surface area contributed by atoms with E-state index < -0.39 is 0 Å². The van der Waals surface area contributed by atoms with Gasteiger partial charge in [0, 0.05) is 30.1 Å². The summed E-state index contributed by atoms with van der Waals surface area (Å²) in [5.41, 5.74) is 4.14. The van der Waals surface area contributed by atoms with Crippen LogP contribution in [0.1, 0.15) is 18.5 Å². The minimum atomic E-state index is 0.243. The Morgan fingerprint density at radius 3 is 2.69 bits per heavy atom. The highest BCUT2D eigenvalue weighted by Crippen LogP contribution is 2.33. The summed E-state index contributed by atoms with van der Waals surface area (Å²) < 4.78 is 12.4. The highest BCUT2D eigenvalue weighted by molar-refractivity contribution is 5.72. The monoisotopic (exact) mass is 352 g/mol. The van der Waals surface area contributed by atoms with Crippen LogP contribution in [0.3, 0.4) is 0 Å². The molecule has 1 fully saturated rings. The van der Waals surface area contributed by atoms with Crippen molar-refractivity contribution in [1.29, 1.82) is 0 Å². The van der Waals surface area contributed by atoms with Crippen LogP contribution >= 0.6 is 0 Å². The molecule has 0 unspecified atom stereocenters. The second kappa shape index (κ2) is 6.70. The Kier molecular flexibility index (Phi) is 4.24. The molecule has 134 valence electrons. The maximum absolute atomic E-state index is 5.36. The van der Waals surface area contributed by atoms with E-state index in [4.69, 9.17) is 9.47 Å². The number of hydrogen-bond donors (Lipinski definition) is 0. The van der Waals surface area contributed by atoms with Crippen LogP contribution in [0.5, 0.6) is 11.9 Å². The van der Waals surface area contributed by atoms with E-state index in [1.807, 2.05) is 23.9 Å². The molecule has 0 spiro atoms. The Balaban J connectivity index is 1.71. The minimum Gasteiger partial charge on any atom is -0.480 e. The minimum absolute atomic E-state index is 0.243. The molecule has 0 atom stereocenters. The van der Waals surface area contributed by atoms with Crippen molar-refractivity contribution in [1.82, 2.24) is 29.9 Å². The van der Waals surface area contributed by atoms with Crippen molar-refractivity contribution in [2.45, 2.75) is 26.3 Å². The summed E-state index contributed by atoms with van der Waals surface area (Å²) in [6.07, 6.45) is 8.16. The van der Waals surface area contributed by atoms with Crippen molar-refractivity contribution in [2.75, 3.05) is 14.2 Å². The Hall–Kier alpha value is -3.03. The van der Waals surface area contributed by atoms with Crippen LogP contribution < -0.4 is 9.47 Å². The van der Waals surface area contributed by atoms with E-state index in [1.165, 1.54) is 20.0 Å². The zero-order valence-corrected chi connectivity index (χ0v) is 15.0. The first-order valence-electron chi connectivity index (χ1n) is 8.50. The van der Waals surface area contributed by atoms with Gasteiger partial charge in [-0.05, 0) is 31.7 Å². The number of methoxy groups -OCH3 is 2. The maximum atomic E-state index is 5.36. The van der Waals surface area contributed by atoms with Crippen LogP contribution in [0.2, 0.25) is 0 Å². The van der Waals surface area contributed by atoms with Gasteiger partial charge in [0.1, 0.15) is 5.69 Å². The van der Waals surface area contributed by atoms with E-state index in [9.17, 15) is 0 Å². The van der Waals surface area contributed by atoms with E-state index in [0.717, 1.165) is 29.3 Å². The summed E-state index contributed by atoms with van der Waals surface area (Å²) in [6.45, 7) is 2.91. The Morgan fingerprint density at radius 2 is 1.96 bits per heavy atom. The molecule has 8 heteroatoms. The first-order valence-corrected chi connectivity index (χ1v) is 8.50. The third-order valence-corrected chi connectivity index (χ3v) is 4.45. The van der Waals surface area contributed by atoms with E-state index in [0.29, 0.717) is 17.1 Å². The molecule has 1 aliphatic rings. The van der Waals surface area contributed by atoms with Gasteiger partial charge in [0.2, 0.25) is 5.88 Å². The van der Waals surface area contributed by atoms with Crippen LogP contribution in [0.4, 0.5) is 0 Å². The summed E-state index contributed by atoms with van der Waals surface area (Å²) in [5, 5.41) is 13.1. The fourth-order valence-corrected chi connectivity index (χ4v) is 2.82. The zero-order valence-electron chi connectivity index (χ0n) is 15.0. The lowest BCUT2D eigenvalue weighted by Gasteiger charge is -2.09. The molecule has 3 aromatic heterocycles. The predicted molar refractivity (Wildman–Crippen MR) is 94.8 cm³/mol. The SMILES string of the molecule is COc1ncc(-c2cc(-c3cnn(CC4CC4)c3)c(C)nn2)c(OC)n1. The van der Waals surface area contributed by atoms with Gasteiger partial charge in [-0.1, -0.05) is 0 Å². The largest absolute Gasteiger partial charge is 0.480 e. The van der Waals surface area contributed by atoms with Crippen molar-refractivity contribution in [3.63, 3.8) is 0 Å². The normalized spacial score (nSPS) is 13.7. The summed E-state index contributed by atoms with van der Waals surface area (Å²) in [7, 11) is 3.06. The number of aryl methyl sites for hydroxylation is 1. The molecule has 0 aliphatic heterocycles. The molecule has 0 radical (unpaired) electrons. The second-order valence-corrected chi connectivity index (χ2v) is 6.40. The van der Waals surface area contributed by atoms with Gasteiger partial charge in [-0.25, -0.2) is 4.98 Å². The highest BCUT2D eigenvalue weighted by Gasteiger charge is 2.22. The summed E-state index contributed by atoms with van der Waals surface area (Å²) >= 11 is 0. The quantitative estimate of drug-likeness (QED) is 0.673. The zero-order chi connectivity index (χ0) is 18.1.